The summed E-state index contributed by atoms with van der Waals surface area (Å²) in [6.45, 7) is 1.24. The summed E-state index contributed by atoms with van der Waals surface area (Å²) in [6.07, 6.45) is 0.887. The van der Waals surface area contributed by atoms with Gasteiger partial charge in [0.1, 0.15) is 6.10 Å². The number of halogens is 1. The second-order valence-electron chi connectivity index (χ2n) is 7.49. The van der Waals surface area contributed by atoms with E-state index in [1.807, 2.05) is 23.0 Å². The summed E-state index contributed by atoms with van der Waals surface area (Å²) >= 11 is 8.18. The van der Waals surface area contributed by atoms with Crippen LogP contribution in [0.3, 0.4) is 0 Å². The Labute approximate surface area is 181 Å². The minimum atomic E-state index is -0.147. The molecule has 8 heteroatoms. The zero-order chi connectivity index (χ0) is 20.1. The number of hydrogen-bond donors (Lipinski definition) is 1. The molecule has 6 nitrogen and oxygen atoms in total. The molecular formula is C22H18ClN3O3S. The SMILES string of the molecule is Clc1cc2[nH]c(OC3COC4CCOC43)nc2cc1-c1ccc(-c2cscn2)cc1. The minimum absolute atomic E-state index is 0.0198. The highest BCUT2D eigenvalue weighted by molar-refractivity contribution is 7.07. The number of nitrogens with zero attached hydrogens (tertiary/aromatic N) is 2. The molecule has 1 N–H and O–H groups in total. The Kier molecular flexibility index (Phi) is 4.49. The van der Waals surface area contributed by atoms with Crippen molar-refractivity contribution >= 4 is 34.0 Å². The van der Waals surface area contributed by atoms with Gasteiger partial charge in [-0.3, -0.25) is 0 Å². The van der Waals surface area contributed by atoms with Crippen LogP contribution in [0.2, 0.25) is 5.02 Å². The Bertz CT molecular complexity index is 1190. The molecule has 4 heterocycles. The number of nitrogens with one attached hydrogen (secondary N) is 1. The largest absolute Gasteiger partial charge is 0.456 e. The Morgan fingerprint density at radius 2 is 2.00 bits per heavy atom. The number of aromatic amines is 1. The molecule has 0 amide bonds. The van der Waals surface area contributed by atoms with Gasteiger partial charge in [-0.25, -0.2) is 4.98 Å². The summed E-state index contributed by atoms with van der Waals surface area (Å²) < 4.78 is 17.6. The maximum Gasteiger partial charge on any atom is 0.295 e. The van der Waals surface area contributed by atoms with Crippen molar-refractivity contribution in [2.24, 2.45) is 0 Å². The number of rotatable bonds is 4. The molecule has 2 fully saturated rings. The molecule has 0 aliphatic carbocycles. The number of aromatic nitrogens is 3. The van der Waals surface area contributed by atoms with Crippen molar-refractivity contribution in [1.29, 1.82) is 0 Å². The lowest BCUT2D eigenvalue weighted by Crippen LogP contribution is -2.32. The third-order valence-corrected chi connectivity index (χ3v) is 6.56. The normalized spacial score (nSPS) is 23.2. The van der Waals surface area contributed by atoms with Gasteiger partial charge in [-0.05, 0) is 24.1 Å². The first kappa shape index (κ1) is 18.3. The van der Waals surface area contributed by atoms with Crippen LogP contribution in [0.25, 0.3) is 33.4 Å². The van der Waals surface area contributed by atoms with Crippen LogP contribution in [0.15, 0.2) is 47.3 Å². The standard InChI is InChI=1S/C22H18ClN3O3S/c23-15-8-17-16(25-22(26-17)29-20-9-28-19-5-6-27-21(19)20)7-14(15)12-1-3-13(4-2-12)18-10-30-11-24-18/h1-4,7-8,10-11,19-21H,5-6,9H2,(H,25,26). The molecule has 30 heavy (non-hydrogen) atoms. The first-order valence-electron chi connectivity index (χ1n) is 9.83. The van der Waals surface area contributed by atoms with Crippen molar-refractivity contribution < 1.29 is 14.2 Å². The van der Waals surface area contributed by atoms with Gasteiger partial charge >= 0.3 is 0 Å². The predicted molar refractivity (Wildman–Crippen MR) is 116 cm³/mol. The number of imidazole rings is 1. The average Bonchev–Trinajstić information content (AvgIpc) is 3.54. The predicted octanol–water partition coefficient (Wildman–Crippen LogP) is 4.94. The van der Waals surface area contributed by atoms with Gasteiger partial charge in [0.15, 0.2) is 6.10 Å². The molecule has 2 aliphatic rings. The van der Waals surface area contributed by atoms with E-state index in [4.69, 9.17) is 25.8 Å². The van der Waals surface area contributed by atoms with Gasteiger partial charge in [0.25, 0.3) is 6.01 Å². The fraction of sp³-hybridized carbons (Fsp3) is 0.273. The van der Waals surface area contributed by atoms with E-state index in [-0.39, 0.29) is 18.3 Å². The lowest BCUT2D eigenvalue weighted by atomic mass is 10.0. The molecule has 0 bridgehead atoms. The van der Waals surface area contributed by atoms with Gasteiger partial charge in [-0.1, -0.05) is 35.9 Å². The average molecular weight is 440 g/mol. The monoisotopic (exact) mass is 439 g/mol. The molecule has 0 radical (unpaired) electrons. The first-order valence-corrected chi connectivity index (χ1v) is 11.1. The summed E-state index contributed by atoms with van der Waals surface area (Å²) in [5.41, 5.74) is 7.48. The zero-order valence-electron chi connectivity index (χ0n) is 15.9. The van der Waals surface area contributed by atoms with Crippen molar-refractivity contribution in [2.45, 2.75) is 24.7 Å². The Morgan fingerprint density at radius 1 is 1.13 bits per heavy atom. The van der Waals surface area contributed by atoms with Crippen molar-refractivity contribution in [2.75, 3.05) is 13.2 Å². The van der Waals surface area contributed by atoms with Crippen molar-refractivity contribution in [3.8, 4) is 28.4 Å². The van der Waals surface area contributed by atoms with Crippen LogP contribution < -0.4 is 4.74 Å². The number of benzene rings is 2. The van der Waals surface area contributed by atoms with Gasteiger partial charge in [-0.15, -0.1) is 11.3 Å². The van der Waals surface area contributed by atoms with E-state index < -0.39 is 0 Å². The van der Waals surface area contributed by atoms with Crippen molar-refractivity contribution in [3.05, 3.63) is 52.3 Å². The molecule has 2 aromatic carbocycles. The van der Waals surface area contributed by atoms with E-state index in [1.54, 1.807) is 11.3 Å². The highest BCUT2D eigenvalue weighted by Crippen LogP contribution is 2.34. The van der Waals surface area contributed by atoms with Crippen LogP contribution in [0.4, 0.5) is 0 Å². The zero-order valence-corrected chi connectivity index (χ0v) is 17.4. The highest BCUT2D eigenvalue weighted by Gasteiger charge is 2.43. The second-order valence-corrected chi connectivity index (χ2v) is 8.62. The first-order chi connectivity index (χ1) is 14.7. The van der Waals surface area contributed by atoms with E-state index in [1.165, 1.54) is 0 Å². The molecule has 0 saturated carbocycles. The third kappa shape index (κ3) is 3.18. The van der Waals surface area contributed by atoms with Gasteiger partial charge in [0.05, 0.1) is 40.0 Å². The lowest BCUT2D eigenvalue weighted by molar-refractivity contribution is 0.0273. The van der Waals surface area contributed by atoms with E-state index >= 15 is 0 Å². The summed E-state index contributed by atoms with van der Waals surface area (Å²) in [4.78, 5) is 12.2. The summed E-state index contributed by atoms with van der Waals surface area (Å²) in [6, 6.07) is 12.6. The van der Waals surface area contributed by atoms with Crippen LogP contribution >= 0.6 is 22.9 Å². The number of H-pyrrole nitrogens is 1. The van der Waals surface area contributed by atoms with Gasteiger partial charge in [0.2, 0.25) is 0 Å². The number of ether oxygens (including phenoxy) is 3. The fourth-order valence-electron chi connectivity index (χ4n) is 4.13. The van der Waals surface area contributed by atoms with E-state index in [0.29, 0.717) is 17.6 Å². The number of hydrogen-bond acceptors (Lipinski definition) is 6. The molecule has 3 unspecified atom stereocenters. The minimum Gasteiger partial charge on any atom is -0.456 e. The smallest absolute Gasteiger partial charge is 0.295 e. The molecular weight excluding hydrogens is 422 g/mol. The maximum atomic E-state index is 6.59. The summed E-state index contributed by atoms with van der Waals surface area (Å²) in [5.74, 6) is 0. The van der Waals surface area contributed by atoms with Gasteiger partial charge in [-0.2, -0.15) is 4.98 Å². The topological polar surface area (TPSA) is 69.3 Å². The summed E-state index contributed by atoms with van der Waals surface area (Å²) in [7, 11) is 0. The molecule has 152 valence electrons. The second kappa shape index (κ2) is 7.35. The fourth-order valence-corrected chi connectivity index (χ4v) is 4.97. The lowest BCUT2D eigenvalue weighted by Gasteiger charge is -2.15. The van der Waals surface area contributed by atoms with Crippen LogP contribution in [0.1, 0.15) is 6.42 Å². The maximum absolute atomic E-state index is 6.59. The van der Waals surface area contributed by atoms with Crippen LogP contribution in [0, 0.1) is 0 Å². The molecule has 2 saturated heterocycles. The quantitative estimate of drug-likeness (QED) is 0.487. The molecule has 4 aromatic rings. The van der Waals surface area contributed by atoms with Crippen LogP contribution in [-0.2, 0) is 9.47 Å². The van der Waals surface area contributed by atoms with Gasteiger partial charge < -0.3 is 19.2 Å². The molecule has 0 spiro atoms. The molecule has 2 aromatic heterocycles. The number of fused-ring (bicyclic) bond motifs is 2. The van der Waals surface area contributed by atoms with E-state index in [0.717, 1.165) is 46.4 Å². The summed E-state index contributed by atoms with van der Waals surface area (Å²) in [5, 5.41) is 2.69. The Hall–Kier alpha value is -2.45. The van der Waals surface area contributed by atoms with Crippen molar-refractivity contribution in [3.63, 3.8) is 0 Å². The van der Waals surface area contributed by atoms with E-state index in [9.17, 15) is 0 Å². The van der Waals surface area contributed by atoms with Crippen molar-refractivity contribution in [1.82, 2.24) is 15.0 Å². The van der Waals surface area contributed by atoms with Crippen LogP contribution in [-0.4, -0.2) is 46.5 Å². The Morgan fingerprint density at radius 3 is 2.83 bits per heavy atom. The third-order valence-electron chi connectivity index (χ3n) is 5.66. The van der Waals surface area contributed by atoms with E-state index in [2.05, 4.69) is 39.2 Å². The van der Waals surface area contributed by atoms with Crippen LogP contribution in [0.5, 0.6) is 6.01 Å². The highest BCUT2D eigenvalue weighted by atomic mass is 35.5. The molecule has 6 rings (SSSR count). The number of thiazole rings is 1. The Balaban J connectivity index is 1.28. The molecule has 2 aliphatic heterocycles. The van der Waals surface area contributed by atoms with Gasteiger partial charge in [0, 0.05) is 23.1 Å². The molecule has 3 atom stereocenters.